The van der Waals surface area contributed by atoms with Gasteiger partial charge in [-0.15, -0.1) is 0 Å². The summed E-state index contributed by atoms with van der Waals surface area (Å²) in [4.78, 5) is 0. The van der Waals surface area contributed by atoms with Crippen molar-refractivity contribution >= 4 is 0 Å². The molecule has 1 nitrogen and oxygen atoms in total. The second kappa shape index (κ2) is 3.64. The summed E-state index contributed by atoms with van der Waals surface area (Å²) in [6, 6.07) is 12.4. The van der Waals surface area contributed by atoms with Gasteiger partial charge in [-0.25, -0.2) is 8.78 Å². The van der Waals surface area contributed by atoms with Crippen LogP contribution in [0.2, 0.25) is 0 Å². The molecule has 0 radical (unpaired) electrons. The second-order valence-electron chi connectivity index (χ2n) is 4.13. The van der Waals surface area contributed by atoms with Crippen molar-refractivity contribution in [3.63, 3.8) is 0 Å². The molecule has 0 aromatic heterocycles. The molecule has 2 aromatic rings. The minimum atomic E-state index is -0.512. The number of ether oxygens (including phenoxy) is 1. The van der Waals surface area contributed by atoms with E-state index in [-0.39, 0.29) is 11.6 Å². The highest BCUT2D eigenvalue weighted by atomic mass is 19.1. The lowest BCUT2D eigenvalue weighted by Gasteiger charge is -2.12. The van der Waals surface area contributed by atoms with Gasteiger partial charge >= 0.3 is 0 Å². The maximum Gasteiger partial charge on any atom is 0.142 e. The summed E-state index contributed by atoms with van der Waals surface area (Å²) < 4.78 is 31.2. The molecule has 1 aliphatic heterocycles. The molecule has 3 rings (SSSR count). The third kappa shape index (κ3) is 1.72. The molecular formula is C14H10F2O. The van der Waals surface area contributed by atoms with Crippen molar-refractivity contribution in [2.24, 2.45) is 0 Å². The minimum absolute atomic E-state index is 0.274. The summed E-state index contributed by atoms with van der Waals surface area (Å²) in [7, 11) is 0. The van der Waals surface area contributed by atoms with Gasteiger partial charge in [0.15, 0.2) is 0 Å². The highest BCUT2D eigenvalue weighted by Crippen LogP contribution is 2.44. The molecule has 0 unspecified atom stereocenters. The molecule has 0 bridgehead atoms. The van der Waals surface area contributed by atoms with Crippen LogP contribution in [0, 0.1) is 11.6 Å². The lowest BCUT2D eigenvalue weighted by atomic mass is 9.92. The Bertz CT molecular complexity index is 480. The smallest absolute Gasteiger partial charge is 0.142 e. The van der Waals surface area contributed by atoms with Gasteiger partial charge in [-0.1, -0.05) is 24.3 Å². The summed E-state index contributed by atoms with van der Waals surface area (Å²) in [6.07, 6.45) is 0. The van der Waals surface area contributed by atoms with E-state index in [1.807, 2.05) is 0 Å². The molecule has 86 valence electrons. The number of epoxide rings is 1. The molecule has 1 saturated heterocycles. The van der Waals surface area contributed by atoms with Crippen LogP contribution in [-0.2, 0) is 10.3 Å². The van der Waals surface area contributed by atoms with E-state index in [9.17, 15) is 8.78 Å². The Kier molecular flexibility index (Phi) is 2.23. The summed E-state index contributed by atoms with van der Waals surface area (Å²) in [5.74, 6) is -0.549. The highest BCUT2D eigenvalue weighted by molar-refractivity contribution is 5.40. The quantitative estimate of drug-likeness (QED) is 0.724. The minimum Gasteiger partial charge on any atom is -0.359 e. The van der Waals surface area contributed by atoms with Crippen LogP contribution in [0.15, 0.2) is 48.5 Å². The van der Waals surface area contributed by atoms with Crippen LogP contribution in [0.25, 0.3) is 0 Å². The van der Waals surface area contributed by atoms with Crippen molar-refractivity contribution in [2.75, 3.05) is 6.61 Å². The summed E-state index contributed by atoms with van der Waals surface area (Å²) >= 11 is 0. The van der Waals surface area contributed by atoms with Crippen LogP contribution in [0.4, 0.5) is 8.78 Å². The monoisotopic (exact) mass is 232 g/mol. The second-order valence-corrected chi connectivity index (χ2v) is 4.13. The van der Waals surface area contributed by atoms with Crippen LogP contribution in [0.1, 0.15) is 11.1 Å². The van der Waals surface area contributed by atoms with Crippen LogP contribution in [0.5, 0.6) is 0 Å². The van der Waals surface area contributed by atoms with Crippen molar-refractivity contribution in [1.29, 1.82) is 0 Å². The molecule has 0 aliphatic carbocycles. The van der Waals surface area contributed by atoms with Crippen LogP contribution < -0.4 is 0 Å². The van der Waals surface area contributed by atoms with E-state index in [0.717, 1.165) is 11.1 Å². The number of hydrogen-bond donors (Lipinski definition) is 0. The standard InChI is InChI=1S/C14H10F2O/c15-12-5-1-10(2-6-12)14(9-17-14)11-3-7-13(16)8-4-11/h1-8H,9H2. The van der Waals surface area contributed by atoms with Crippen molar-refractivity contribution in [2.45, 2.75) is 5.60 Å². The number of hydrogen-bond acceptors (Lipinski definition) is 1. The van der Waals surface area contributed by atoms with Gasteiger partial charge in [0.25, 0.3) is 0 Å². The first-order chi connectivity index (χ1) is 8.21. The van der Waals surface area contributed by atoms with E-state index in [2.05, 4.69) is 0 Å². The summed E-state index contributed by atoms with van der Waals surface area (Å²) in [6.45, 7) is 0.546. The Balaban J connectivity index is 2.01. The number of halogens is 2. The first-order valence-corrected chi connectivity index (χ1v) is 5.37. The Morgan fingerprint density at radius 2 is 1.12 bits per heavy atom. The molecule has 0 amide bonds. The van der Waals surface area contributed by atoms with Crippen molar-refractivity contribution in [1.82, 2.24) is 0 Å². The highest BCUT2D eigenvalue weighted by Gasteiger charge is 2.48. The first kappa shape index (κ1) is 10.4. The zero-order valence-corrected chi connectivity index (χ0v) is 8.99. The molecule has 0 saturated carbocycles. The molecule has 1 heterocycles. The fourth-order valence-corrected chi connectivity index (χ4v) is 2.01. The zero-order chi connectivity index (χ0) is 11.9. The Labute approximate surface area is 97.7 Å². The predicted octanol–water partition coefficient (Wildman–Crippen LogP) is 3.24. The maximum atomic E-state index is 12.9. The first-order valence-electron chi connectivity index (χ1n) is 5.37. The predicted molar refractivity (Wildman–Crippen MR) is 59.5 cm³/mol. The van der Waals surface area contributed by atoms with Crippen molar-refractivity contribution < 1.29 is 13.5 Å². The van der Waals surface area contributed by atoms with Gasteiger partial charge in [0.05, 0.1) is 6.61 Å². The lowest BCUT2D eigenvalue weighted by molar-refractivity contribution is 0.348. The maximum absolute atomic E-state index is 12.9. The van der Waals surface area contributed by atoms with Crippen LogP contribution >= 0.6 is 0 Å². The van der Waals surface area contributed by atoms with Gasteiger partial charge in [-0.3, -0.25) is 0 Å². The SMILES string of the molecule is Fc1ccc(C2(c3ccc(F)cc3)CO2)cc1. The average molecular weight is 232 g/mol. The Hall–Kier alpha value is -1.74. The number of benzene rings is 2. The molecule has 3 heteroatoms. The Morgan fingerprint density at radius 3 is 1.41 bits per heavy atom. The molecule has 0 atom stereocenters. The third-order valence-electron chi connectivity index (χ3n) is 3.05. The van der Waals surface area contributed by atoms with Crippen molar-refractivity contribution in [3.8, 4) is 0 Å². The lowest BCUT2D eigenvalue weighted by Crippen LogP contribution is -2.10. The van der Waals surface area contributed by atoms with Crippen molar-refractivity contribution in [3.05, 3.63) is 71.3 Å². The van der Waals surface area contributed by atoms with E-state index in [1.54, 1.807) is 24.3 Å². The van der Waals surface area contributed by atoms with Gasteiger partial charge < -0.3 is 4.74 Å². The van der Waals surface area contributed by atoms with Gasteiger partial charge in [0.2, 0.25) is 0 Å². The molecule has 2 aromatic carbocycles. The largest absolute Gasteiger partial charge is 0.359 e. The van der Waals surface area contributed by atoms with E-state index in [4.69, 9.17) is 4.74 Å². The molecule has 0 spiro atoms. The Morgan fingerprint density at radius 1 is 0.765 bits per heavy atom. The van der Waals surface area contributed by atoms with Gasteiger partial charge in [-0.2, -0.15) is 0 Å². The van der Waals surface area contributed by atoms with Gasteiger partial charge in [-0.05, 0) is 35.4 Å². The molecule has 0 N–H and O–H groups in total. The van der Waals surface area contributed by atoms with E-state index in [1.165, 1.54) is 24.3 Å². The normalized spacial score (nSPS) is 16.8. The molecule has 1 aliphatic rings. The topological polar surface area (TPSA) is 12.5 Å². The zero-order valence-electron chi connectivity index (χ0n) is 8.99. The molecule has 17 heavy (non-hydrogen) atoms. The fourth-order valence-electron chi connectivity index (χ4n) is 2.01. The van der Waals surface area contributed by atoms with Crippen LogP contribution in [0.3, 0.4) is 0 Å². The van der Waals surface area contributed by atoms with Gasteiger partial charge in [0.1, 0.15) is 17.2 Å². The van der Waals surface area contributed by atoms with Gasteiger partial charge in [0, 0.05) is 0 Å². The summed E-state index contributed by atoms with van der Waals surface area (Å²) in [5, 5.41) is 0. The number of rotatable bonds is 2. The summed E-state index contributed by atoms with van der Waals surface area (Å²) in [5.41, 5.74) is 1.28. The van der Waals surface area contributed by atoms with E-state index in [0.29, 0.717) is 6.61 Å². The molecular weight excluding hydrogens is 222 g/mol. The fraction of sp³-hybridized carbons (Fsp3) is 0.143. The third-order valence-corrected chi connectivity index (χ3v) is 3.05. The molecule has 1 fully saturated rings. The van der Waals surface area contributed by atoms with Crippen LogP contribution in [-0.4, -0.2) is 6.61 Å². The average Bonchev–Trinajstić information content (AvgIpc) is 3.12. The van der Waals surface area contributed by atoms with E-state index < -0.39 is 5.60 Å². The van der Waals surface area contributed by atoms with E-state index >= 15 is 0 Å².